The molecule has 0 bridgehead atoms. The van der Waals surface area contributed by atoms with E-state index < -0.39 is 4.92 Å². The van der Waals surface area contributed by atoms with Gasteiger partial charge in [-0.05, 0) is 26.7 Å². The van der Waals surface area contributed by atoms with Crippen LogP contribution in [-0.4, -0.2) is 27.0 Å². The van der Waals surface area contributed by atoms with E-state index in [1.54, 1.807) is 0 Å². The molecule has 2 rings (SSSR count). The van der Waals surface area contributed by atoms with Crippen LogP contribution >= 0.6 is 0 Å². The highest BCUT2D eigenvalue weighted by atomic mass is 16.6. The maximum atomic E-state index is 11.0. The zero-order chi connectivity index (χ0) is 12.6. The Bertz CT molecular complexity index is 460. The first-order valence-corrected chi connectivity index (χ1v) is 5.46. The Balaban J connectivity index is 2.50. The molecule has 1 saturated heterocycles. The van der Waals surface area contributed by atoms with Gasteiger partial charge in [-0.1, -0.05) is 0 Å². The normalized spacial score (nSPS) is 18.4. The largest absolute Gasteiger partial charge is 0.368 e. The van der Waals surface area contributed by atoms with Gasteiger partial charge in [0.15, 0.2) is 0 Å². The Morgan fingerprint density at radius 1 is 1.59 bits per heavy atom. The van der Waals surface area contributed by atoms with Crippen LogP contribution in [0.2, 0.25) is 0 Å². The molecule has 0 spiro atoms. The SMILES string of the molecule is CC1(C)CCCN1c1nc(N)ncc1[N+](=O)[O-]. The second-order valence-electron chi connectivity index (χ2n) is 4.76. The summed E-state index contributed by atoms with van der Waals surface area (Å²) in [7, 11) is 0. The summed E-state index contributed by atoms with van der Waals surface area (Å²) >= 11 is 0. The number of nitrogens with zero attached hydrogens (tertiary/aromatic N) is 4. The van der Waals surface area contributed by atoms with Gasteiger partial charge in [-0.2, -0.15) is 4.98 Å². The molecule has 1 aromatic rings. The summed E-state index contributed by atoms with van der Waals surface area (Å²) in [5.41, 5.74) is 5.29. The zero-order valence-electron chi connectivity index (χ0n) is 9.88. The van der Waals surface area contributed by atoms with Crippen LogP contribution < -0.4 is 10.6 Å². The second-order valence-corrected chi connectivity index (χ2v) is 4.76. The summed E-state index contributed by atoms with van der Waals surface area (Å²) in [5, 5.41) is 11.0. The van der Waals surface area contributed by atoms with E-state index in [1.165, 1.54) is 6.20 Å². The summed E-state index contributed by atoms with van der Waals surface area (Å²) in [6, 6.07) is 0. The predicted molar refractivity (Wildman–Crippen MR) is 63.8 cm³/mol. The van der Waals surface area contributed by atoms with Crippen molar-refractivity contribution in [2.75, 3.05) is 17.2 Å². The number of anilines is 2. The fourth-order valence-electron chi connectivity index (χ4n) is 2.21. The van der Waals surface area contributed by atoms with Gasteiger partial charge in [0.1, 0.15) is 6.20 Å². The van der Waals surface area contributed by atoms with Crippen LogP contribution in [0.1, 0.15) is 26.7 Å². The molecule has 0 aliphatic carbocycles. The van der Waals surface area contributed by atoms with Gasteiger partial charge in [0.05, 0.1) is 4.92 Å². The van der Waals surface area contributed by atoms with E-state index in [2.05, 4.69) is 9.97 Å². The standard InChI is InChI=1S/C10H15N5O2/c1-10(2)4-3-5-14(10)8-7(15(16)17)6-12-9(11)13-8/h6H,3-5H2,1-2H3,(H2,11,12,13). The van der Waals surface area contributed by atoms with E-state index in [9.17, 15) is 10.1 Å². The summed E-state index contributed by atoms with van der Waals surface area (Å²) in [4.78, 5) is 20.1. The average molecular weight is 237 g/mol. The van der Waals surface area contributed by atoms with Gasteiger partial charge in [-0.25, -0.2) is 4.98 Å². The molecule has 1 fully saturated rings. The Kier molecular flexibility index (Phi) is 2.60. The number of hydrogen-bond donors (Lipinski definition) is 1. The maximum absolute atomic E-state index is 11.0. The fourth-order valence-corrected chi connectivity index (χ4v) is 2.21. The molecular weight excluding hydrogens is 222 g/mol. The van der Waals surface area contributed by atoms with Gasteiger partial charge in [0.2, 0.25) is 11.8 Å². The third kappa shape index (κ3) is 2.00. The minimum Gasteiger partial charge on any atom is -0.368 e. The summed E-state index contributed by atoms with van der Waals surface area (Å²) < 4.78 is 0. The Labute approximate surface area is 98.8 Å². The third-order valence-corrected chi connectivity index (χ3v) is 3.12. The lowest BCUT2D eigenvalue weighted by Gasteiger charge is -2.32. The molecule has 0 radical (unpaired) electrons. The molecule has 2 N–H and O–H groups in total. The third-order valence-electron chi connectivity index (χ3n) is 3.12. The first kappa shape index (κ1) is 11.6. The lowest BCUT2D eigenvalue weighted by molar-refractivity contribution is -0.384. The van der Waals surface area contributed by atoms with Crippen LogP contribution in [0.3, 0.4) is 0 Å². The van der Waals surface area contributed by atoms with Crippen molar-refractivity contribution in [2.45, 2.75) is 32.2 Å². The first-order chi connectivity index (χ1) is 7.92. The highest BCUT2D eigenvalue weighted by Crippen LogP contribution is 2.37. The minimum absolute atomic E-state index is 0.0632. The van der Waals surface area contributed by atoms with Crippen molar-refractivity contribution in [1.82, 2.24) is 9.97 Å². The quantitative estimate of drug-likeness (QED) is 0.615. The molecule has 1 aliphatic heterocycles. The highest BCUT2D eigenvalue weighted by Gasteiger charge is 2.36. The molecule has 0 saturated carbocycles. The van der Waals surface area contributed by atoms with Crippen LogP contribution in [0, 0.1) is 10.1 Å². The molecule has 0 amide bonds. The zero-order valence-corrected chi connectivity index (χ0v) is 9.88. The van der Waals surface area contributed by atoms with Crippen LogP contribution in [-0.2, 0) is 0 Å². The highest BCUT2D eigenvalue weighted by molar-refractivity contribution is 5.60. The van der Waals surface area contributed by atoms with E-state index >= 15 is 0 Å². The second kappa shape index (κ2) is 3.83. The number of rotatable bonds is 2. The van der Waals surface area contributed by atoms with Gasteiger partial charge in [0.25, 0.3) is 0 Å². The Morgan fingerprint density at radius 3 is 2.82 bits per heavy atom. The fraction of sp³-hybridized carbons (Fsp3) is 0.600. The van der Waals surface area contributed by atoms with Crippen molar-refractivity contribution in [3.05, 3.63) is 16.3 Å². The van der Waals surface area contributed by atoms with Crippen molar-refractivity contribution in [3.8, 4) is 0 Å². The summed E-state index contributed by atoms with van der Waals surface area (Å²) in [5.74, 6) is 0.387. The molecule has 2 heterocycles. The smallest absolute Gasteiger partial charge is 0.329 e. The molecule has 7 nitrogen and oxygen atoms in total. The van der Waals surface area contributed by atoms with Crippen molar-refractivity contribution < 1.29 is 4.92 Å². The number of nitrogens with two attached hydrogens (primary N) is 1. The molecule has 0 atom stereocenters. The van der Waals surface area contributed by atoms with E-state index in [0.29, 0.717) is 5.82 Å². The Hall–Kier alpha value is -1.92. The van der Waals surface area contributed by atoms with Crippen LogP contribution in [0.4, 0.5) is 17.5 Å². The van der Waals surface area contributed by atoms with Crippen LogP contribution in [0.5, 0.6) is 0 Å². The van der Waals surface area contributed by atoms with Gasteiger partial charge in [-0.3, -0.25) is 10.1 Å². The van der Waals surface area contributed by atoms with Crippen LogP contribution in [0.25, 0.3) is 0 Å². The molecule has 7 heteroatoms. The molecular formula is C10H15N5O2. The van der Waals surface area contributed by atoms with Gasteiger partial charge in [0, 0.05) is 12.1 Å². The predicted octanol–water partition coefficient (Wildman–Crippen LogP) is 1.35. The Morgan fingerprint density at radius 2 is 2.29 bits per heavy atom. The van der Waals surface area contributed by atoms with Crippen molar-refractivity contribution >= 4 is 17.5 Å². The van der Waals surface area contributed by atoms with E-state index in [0.717, 1.165) is 19.4 Å². The van der Waals surface area contributed by atoms with Crippen molar-refractivity contribution in [2.24, 2.45) is 0 Å². The number of nitrogen functional groups attached to an aromatic ring is 1. The van der Waals surface area contributed by atoms with E-state index in [-0.39, 0.29) is 17.2 Å². The minimum atomic E-state index is -0.469. The lowest BCUT2D eigenvalue weighted by atomic mass is 10.0. The molecule has 0 aromatic carbocycles. The summed E-state index contributed by atoms with van der Waals surface area (Å²) in [6.45, 7) is 4.84. The van der Waals surface area contributed by atoms with Crippen LogP contribution in [0.15, 0.2) is 6.20 Å². The monoisotopic (exact) mass is 237 g/mol. The molecule has 0 unspecified atom stereocenters. The maximum Gasteiger partial charge on any atom is 0.329 e. The topological polar surface area (TPSA) is 98.2 Å². The number of aromatic nitrogens is 2. The first-order valence-electron chi connectivity index (χ1n) is 5.46. The summed E-state index contributed by atoms with van der Waals surface area (Å²) in [6.07, 6.45) is 3.15. The van der Waals surface area contributed by atoms with Crippen molar-refractivity contribution in [1.29, 1.82) is 0 Å². The molecule has 17 heavy (non-hydrogen) atoms. The number of hydrogen-bond acceptors (Lipinski definition) is 6. The lowest BCUT2D eigenvalue weighted by Crippen LogP contribution is -2.39. The van der Waals surface area contributed by atoms with E-state index in [1.807, 2.05) is 18.7 Å². The van der Waals surface area contributed by atoms with Gasteiger partial charge < -0.3 is 10.6 Å². The van der Waals surface area contributed by atoms with Crippen molar-refractivity contribution in [3.63, 3.8) is 0 Å². The van der Waals surface area contributed by atoms with Gasteiger partial charge in [-0.15, -0.1) is 0 Å². The number of nitro groups is 1. The average Bonchev–Trinajstić information content (AvgIpc) is 2.57. The van der Waals surface area contributed by atoms with E-state index in [4.69, 9.17) is 5.73 Å². The molecule has 1 aromatic heterocycles. The van der Waals surface area contributed by atoms with Gasteiger partial charge >= 0.3 is 5.69 Å². The molecule has 92 valence electrons. The molecule has 1 aliphatic rings.